The van der Waals surface area contributed by atoms with Crippen LogP contribution in [0.25, 0.3) is 11.1 Å². The number of fused-ring (bicyclic) bond motifs is 1. The van der Waals surface area contributed by atoms with E-state index in [0.29, 0.717) is 5.56 Å². The number of rotatable bonds is 8. The van der Waals surface area contributed by atoms with Crippen LogP contribution in [0.2, 0.25) is 0 Å². The Morgan fingerprint density at radius 2 is 1.88 bits per heavy atom. The molecular weight excluding hydrogens is 398 g/mol. The smallest absolute Gasteiger partial charge is 0.251 e. The number of amides is 1. The number of methoxy groups -OCH3 is 1. The predicted molar refractivity (Wildman–Crippen MR) is 130 cm³/mol. The number of carbonyl (C=O) groups excluding carboxylic acids is 1. The molecule has 4 rings (SSSR count). The standard InChI is InChI=1S/C27H29N3O2/c1-30(2)13-12-26(21-7-5-9-25(16-21)32-3)29-27(31)22-8-4-6-19(14-22)20-10-11-23-17-28-18-24(23)15-20/h4-11,14-16,18,26H,12-13,17H2,1-3H3,(H,29,31). The average Bonchev–Trinajstić information content (AvgIpc) is 3.29. The lowest BCUT2D eigenvalue weighted by Gasteiger charge is -2.22. The van der Waals surface area contributed by atoms with Gasteiger partial charge in [-0.2, -0.15) is 0 Å². The third-order valence-electron chi connectivity index (χ3n) is 5.76. The molecule has 0 saturated heterocycles. The average molecular weight is 428 g/mol. The van der Waals surface area contributed by atoms with E-state index in [1.807, 2.05) is 68.8 Å². The summed E-state index contributed by atoms with van der Waals surface area (Å²) in [6.45, 7) is 1.61. The summed E-state index contributed by atoms with van der Waals surface area (Å²) in [6, 6.07) is 21.9. The van der Waals surface area contributed by atoms with Crippen LogP contribution < -0.4 is 10.1 Å². The molecule has 1 N–H and O–H groups in total. The quantitative estimate of drug-likeness (QED) is 0.566. The number of hydrogen-bond acceptors (Lipinski definition) is 4. The highest BCUT2D eigenvalue weighted by molar-refractivity contribution is 5.96. The summed E-state index contributed by atoms with van der Waals surface area (Å²) in [4.78, 5) is 19.7. The minimum atomic E-state index is -0.111. The molecule has 0 aromatic heterocycles. The van der Waals surface area contributed by atoms with Crippen molar-refractivity contribution in [1.82, 2.24) is 10.2 Å². The van der Waals surface area contributed by atoms with Gasteiger partial charge in [-0.1, -0.05) is 36.4 Å². The molecule has 5 nitrogen and oxygen atoms in total. The van der Waals surface area contributed by atoms with Crippen molar-refractivity contribution in [3.05, 3.63) is 89.0 Å². The second-order valence-electron chi connectivity index (χ2n) is 8.36. The summed E-state index contributed by atoms with van der Waals surface area (Å²) in [6.07, 6.45) is 2.72. The van der Waals surface area contributed by atoms with Crippen LogP contribution in [-0.4, -0.2) is 44.8 Å². The zero-order valence-corrected chi connectivity index (χ0v) is 18.8. The van der Waals surface area contributed by atoms with Crippen molar-refractivity contribution in [2.75, 3.05) is 27.7 Å². The van der Waals surface area contributed by atoms with Gasteiger partial charge in [0.05, 0.1) is 19.7 Å². The van der Waals surface area contributed by atoms with Crippen LogP contribution in [0.5, 0.6) is 5.75 Å². The Hall–Kier alpha value is -3.44. The van der Waals surface area contributed by atoms with Crippen molar-refractivity contribution in [3.8, 4) is 16.9 Å². The number of carbonyl (C=O) groups is 1. The highest BCUT2D eigenvalue weighted by atomic mass is 16.5. The zero-order valence-electron chi connectivity index (χ0n) is 18.8. The fraction of sp³-hybridized carbons (Fsp3) is 0.259. The number of ether oxygens (including phenoxy) is 1. The van der Waals surface area contributed by atoms with E-state index in [1.54, 1.807) is 7.11 Å². The van der Waals surface area contributed by atoms with Gasteiger partial charge in [-0.3, -0.25) is 9.79 Å². The molecule has 3 aromatic carbocycles. The minimum absolute atomic E-state index is 0.0823. The Labute approximate surface area is 189 Å². The lowest BCUT2D eigenvalue weighted by molar-refractivity contribution is 0.0932. The van der Waals surface area contributed by atoms with Gasteiger partial charge in [-0.25, -0.2) is 0 Å². The Balaban J connectivity index is 1.56. The molecule has 0 bridgehead atoms. The van der Waals surface area contributed by atoms with Crippen molar-refractivity contribution >= 4 is 12.1 Å². The van der Waals surface area contributed by atoms with Gasteiger partial charge in [0.2, 0.25) is 0 Å². The Bertz CT molecular complexity index is 1140. The van der Waals surface area contributed by atoms with Crippen molar-refractivity contribution in [1.29, 1.82) is 0 Å². The first-order chi connectivity index (χ1) is 15.5. The molecule has 5 heteroatoms. The van der Waals surface area contributed by atoms with Crippen LogP contribution in [0.1, 0.15) is 39.5 Å². The second kappa shape index (κ2) is 9.79. The molecule has 1 atom stereocenters. The molecule has 0 saturated carbocycles. The minimum Gasteiger partial charge on any atom is -0.497 e. The topological polar surface area (TPSA) is 53.9 Å². The number of aliphatic imine (C=N–C) groups is 1. The Morgan fingerprint density at radius 1 is 1.06 bits per heavy atom. The molecular formula is C27H29N3O2. The normalized spacial score (nSPS) is 13.1. The first kappa shape index (κ1) is 21.8. The molecule has 3 aromatic rings. The number of nitrogens with one attached hydrogen (secondary N) is 1. The summed E-state index contributed by atoms with van der Waals surface area (Å²) in [5, 5.41) is 3.23. The maximum Gasteiger partial charge on any atom is 0.251 e. The molecule has 1 aliphatic rings. The highest BCUT2D eigenvalue weighted by Gasteiger charge is 2.17. The maximum absolute atomic E-state index is 13.2. The molecule has 1 aliphatic heterocycles. The van der Waals surface area contributed by atoms with E-state index in [1.165, 1.54) is 5.56 Å². The van der Waals surface area contributed by atoms with Crippen molar-refractivity contribution in [2.24, 2.45) is 4.99 Å². The van der Waals surface area contributed by atoms with Gasteiger partial charge >= 0.3 is 0 Å². The van der Waals surface area contributed by atoms with E-state index >= 15 is 0 Å². The van der Waals surface area contributed by atoms with E-state index in [2.05, 4.69) is 33.4 Å². The third-order valence-corrected chi connectivity index (χ3v) is 5.76. The fourth-order valence-electron chi connectivity index (χ4n) is 3.93. The largest absolute Gasteiger partial charge is 0.497 e. The van der Waals surface area contributed by atoms with Gasteiger partial charge < -0.3 is 15.0 Å². The molecule has 1 heterocycles. The molecule has 1 unspecified atom stereocenters. The van der Waals surface area contributed by atoms with Gasteiger partial charge in [0.25, 0.3) is 5.91 Å². The number of hydrogen-bond donors (Lipinski definition) is 1. The van der Waals surface area contributed by atoms with Gasteiger partial charge in [0.15, 0.2) is 0 Å². The van der Waals surface area contributed by atoms with Crippen LogP contribution in [0.4, 0.5) is 0 Å². The fourth-order valence-corrected chi connectivity index (χ4v) is 3.93. The molecule has 0 fully saturated rings. The van der Waals surface area contributed by atoms with Gasteiger partial charge in [-0.15, -0.1) is 0 Å². The van der Waals surface area contributed by atoms with Crippen molar-refractivity contribution < 1.29 is 9.53 Å². The van der Waals surface area contributed by atoms with Crippen LogP contribution in [0.3, 0.4) is 0 Å². The van der Waals surface area contributed by atoms with E-state index < -0.39 is 0 Å². The lowest BCUT2D eigenvalue weighted by Crippen LogP contribution is -2.31. The first-order valence-corrected chi connectivity index (χ1v) is 10.9. The third kappa shape index (κ3) is 5.06. The molecule has 0 radical (unpaired) electrons. The number of nitrogens with zero attached hydrogens (tertiary/aromatic N) is 2. The van der Waals surface area contributed by atoms with Crippen molar-refractivity contribution in [3.63, 3.8) is 0 Å². The molecule has 0 spiro atoms. The summed E-state index contributed by atoms with van der Waals surface area (Å²) < 4.78 is 5.38. The Kier molecular flexibility index (Phi) is 6.66. The van der Waals surface area contributed by atoms with Gasteiger partial charge in [-0.05, 0) is 85.2 Å². The van der Waals surface area contributed by atoms with E-state index in [9.17, 15) is 4.79 Å². The monoisotopic (exact) mass is 427 g/mol. The van der Waals surface area contributed by atoms with Crippen LogP contribution in [0, 0.1) is 0 Å². The maximum atomic E-state index is 13.2. The summed E-state index contributed by atoms with van der Waals surface area (Å²) in [7, 11) is 5.73. The van der Waals surface area contributed by atoms with Crippen LogP contribution in [0.15, 0.2) is 71.7 Å². The SMILES string of the molecule is COc1cccc(C(CCN(C)C)NC(=O)c2cccc(-c3ccc4c(c3)C=NC4)c2)c1. The zero-order chi connectivity index (χ0) is 22.5. The van der Waals surface area contributed by atoms with E-state index in [0.717, 1.165) is 47.5 Å². The van der Waals surface area contributed by atoms with E-state index in [-0.39, 0.29) is 11.9 Å². The van der Waals surface area contributed by atoms with Crippen LogP contribution >= 0.6 is 0 Å². The predicted octanol–water partition coefficient (Wildman–Crippen LogP) is 4.72. The Morgan fingerprint density at radius 3 is 2.69 bits per heavy atom. The lowest BCUT2D eigenvalue weighted by atomic mass is 9.98. The molecule has 164 valence electrons. The first-order valence-electron chi connectivity index (χ1n) is 10.9. The van der Waals surface area contributed by atoms with Crippen LogP contribution in [-0.2, 0) is 6.54 Å². The summed E-state index contributed by atoms with van der Waals surface area (Å²) in [5.74, 6) is 0.704. The highest BCUT2D eigenvalue weighted by Crippen LogP contribution is 2.26. The van der Waals surface area contributed by atoms with E-state index in [4.69, 9.17) is 4.74 Å². The summed E-state index contributed by atoms with van der Waals surface area (Å²) >= 11 is 0. The van der Waals surface area contributed by atoms with Crippen molar-refractivity contribution in [2.45, 2.75) is 19.0 Å². The molecule has 1 amide bonds. The summed E-state index contributed by atoms with van der Waals surface area (Å²) in [5.41, 5.74) is 6.18. The number of benzene rings is 3. The molecule has 32 heavy (non-hydrogen) atoms. The molecule has 0 aliphatic carbocycles. The van der Waals surface area contributed by atoms with Gasteiger partial charge in [0.1, 0.15) is 5.75 Å². The van der Waals surface area contributed by atoms with Gasteiger partial charge in [0, 0.05) is 11.8 Å². The second-order valence-corrected chi connectivity index (χ2v) is 8.36.